The van der Waals surface area contributed by atoms with E-state index in [-0.39, 0.29) is 5.91 Å². The first-order valence-corrected chi connectivity index (χ1v) is 8.50. The van der Waals surface area contributed by atoms with E-state index in [1.807, 2.05) is 41.8 Å². The molecule has 0 fully saturated rings. The zero-order valence-corrected chi connectivity index (χ0v) is 14.5. The molecule has 0 saturated carbocycles. The number of carbonyl (C=O) groups is 1. The molecule has 1 aromatic heterocycles. The fourth-order valence-corrected chi connectivity index (χ4v) is 2.60. The summed E-state index contributed by atoms with van der Waals surface area (Å²) in [6.07, 6.45) is 2.43. The van der Waals surface area contributed by atoms with Gasteiger partial charge in [-0.3, -0.25) is 4.79 Å². The molecule has 1 N–H and O–H groups in total. The average Bonchev–Trinajstić information content (AvgIpc) is 2.62. The van der Waals surface area contributed by atoms with Crippen molar-refractivity contribution >= 4 is 29.4 Å². The summed E-state index contributed by atoms with van der Waals surface area (Å²) in [5.41, 5.74) is 1.68. The monoisotopic (exact) mass is 344 g/mol. The number of aromatic nitrogens is 1. The summed E-state index contributed by atoms with van der Waals surface area (Å²) in [4.78, 5) is 16.1. The third-order valence-electron chi connectivity index (χ3n) is 3.11. The number of carbonyl (C=O) groups excluding carboxylic acids is 1. The minimum Gasteiger partial charge on any atom is -0.481 e. The molecule has 0 bridgehead atoms. The Kier molecular flexibility index (Phi) is 7.17. The van der Waals surface area contributed by atoms with Gasteiger partial charge in [0.1, 0.15) is 5.69 Å². The largest absolute Gasteiger partial charge is 0.481 e. The molecule has 24 heavy (non-hydrogen) atoms. The summed E-state index contributed by atoms with van der Waals surface area (Å²) in [6.45, 7) is 0. The minimum absolute atomic E-state index is 0.0825. The highest BCUT2D eigenvalue weighted by Gasteiger charge is 2.10. The molecule has 2 aromatic rings. The maximum absolute atomic E-state index is 12.0. The van der Waals surface area contributed by atoms with Gasteiger partial charge in [-0.1, -0.05) is 30.3 Å². The predicted octanol–water partition coefficient (Wildman–Crippen LogP) is 3.83. The number of amides is 1. The highest BCUT2D eigenvalue weighted by atomic mass is 32.2. The molecule has 1 aromatic carbocycles. The Morgan fingerprint density at radius 3 is 2.67 bits per heavy atom. The molecule has 0 unspecified atom stereocenters. The maximum atomic E-state index is 12.0. The molecular formula is C18H20N2O3S. The number of ether oxygens (including phenoxy) is 2. The normalized spacial score (nSPS) is 10.6. The number of rotatable bonds is 8. The van der Waals surface area contributed by atoms with Gasteiger partial charge in [0.15, 0.2) is 0 Å². The lowest BCUT2D eigenvalue weighted by molar-refractivity contribution is -0.115. The minimum atomic E-state index is -0.0825. The van der Waals surface area contributed by atoms with Gasteiger partial charge in [0.2, 0.25) is 17.7 Å². The summed E-state index contributed by atoms with van der Waals surface area (Å²) in [5.74, 6) is 1.38. The van der Waals surface area contributed by atoms with Crippen molar-refractivity contribution in [2.45, 2.75) is 6.42 Å². The van der Waals surface area contributed by atoms with Crippen LogP contribution in [0.1, 0.15) is 12.0 Å². The average molecular weight is 344 g/mol. The van der Waals surface area contributed by atoms with Gasteiger partial charge in [-0.05, 0) is 23.1 Å². The second kappa shape index (κ2) is 9.62. The van der Waals surface area contributed by atoms with E-state index in [1.165, 1.54) is 14.2 Å². The van der Waals surface area contributed by atoms with E-state index in [0.717, 1.165) is 5.56 Å². The van der Waals surface area contributed by atoms with Crippen LogP contribution < -0.4 is 14.8 Å². The second-order valence-corrected chi connectivity index (χ2v) is 5.81. The number of thioether (sulfide) groups is 1. The Labute approximate surface area is 146 Å². The first-order valence-electron chi connectivity index (χ1n) is 7.45. The molecule has 1 amide bonds. The second-order valence-electron chi connectivity index (χ2n) is 4.79. The van der Waals surface area contributed by atoms with Crippen molar-refractivity contribution in [3.8, 4) is 11.8 Å². The molecule has 5 nitrogen and oxygen atoms in total. The van der Waals surface area contributed by atoms with E-state index < -0.39 is 0 Å². The first-order chi connectivity index (χ1) is 11.7. The number of pyridine rings is 1. The van der Waals surface area contributed by atoms with Crippen molar-refractivity contribution in [3.05, 3.63) is 53.4 Å². The standard InChI is InChI=1S/C18H20N2O3S/c1-22-17-9-8-15(18(20-17)23-2)19-16(21)11-13-24-12-10-14-6-4-3-5-7-14/h3-10,12H,11,13H2,1-2H3,(H,19,21)/b12-10-. The summed E-state index contributed by atoms with van der Waals surface area (Å²) in [7, 11) is 3.03. The number of hydrogen-bond donors (Lipinski definition) is 1. The topological polar surface area (TPSA) is 60.5 Å². The highest BCUT2D eigenvalue weighted by Crippen LogP contribution is 2.24. The number of anilines is 1. The van der Waals surface area contributed by atoms with Crippen LogP contribution >= 0.6 is 11.8 Å². The van der Waals surface area contributed by atoms with Crippen molar-refractivity contribution in [1.82, 2.24) is 4.98 Å². The Bertz CT molecular complexity index is 690. The molecule has 0 radical (unpaired) electrons. The van der Waals surface area contributed by atoms with Crippen LogP contribution in [0, 0.1) is 0 Å². The third kappa shape index (κ3) is 5.62. The molecular weight excluding hydrogens is 324 g/mol. The number of nitrogens with zero attached hydrogens (tertiary/aromatic N) is 1. The van der Waals surface area contributed by atoms with E-state index in [4.69, 9.17) is 9.47 Å². The van der Waals surface area contributed by atoms with Crippen LogP contribution in [-0.2, 0) is 4.79 Å². The van der Waals surface area contributed by atoms with Crippen molar-refractivity contribution in [2.24, 2.45) is 0 Å². The number of nitrogens with one attached hydrogen (secondary N) is 1. The van der Waals surface area contributed by atoms with Crippen LogP contribution in [0.25, 0.3) is 6.08 Å². The van der Waals surface area contributed by atoms with Gasteiger partial charge in [0.25, 0.3) is 0 Å². The lowest BCUT2D eigenvalue weighted by atomic mass is 10.2. The van der Waals surface area contributed by atoms with Crippen LogP contribution in [0.5, 0.6) is 11.8 Å². The third-order valence-corrected chi connectivity index (χ3v) is 3.88. The molecule has 0 aliphatic carbocycles. The fraction of sp³-hybridized carbons (Fsp3) is 0.222. The van der Waals surface area contributed by atoms with Crippen molar-refractivity contribution in [2.75, 3.05) is 25.3 Å². The van der Waals surface area contributed by atoms with Crippen LogP contribution in [-0.4, -0.2) is 30.9 Å². The number of benzene rings is 1. The van der Waals surface area contributed by atoms with E-state index in [0.29, 0.717) is 29.6 Å². The van der Waals surface area contributed by atoms with E-state index >= 15 is 0 Å². The Hall–Kier alpha value is -2.47. The molecule has 2 rings (SSSR count). The van der Waals surface area contributed by atoms with Gasteiger partial charge < -0.3 is 14.8 Å². The molecule has 0 spiro atoms. The van der Waals surface area contributed by atoms with Crippen LogP contribution in [0.3, 0.4) is 0 Å². The summed E-state index contributed by atoms with van der Waals surface area (Å²) in [5, 5.41) is 4.80. The van der Waals surface area contributed by atoms with Gasteiger partial charge in [-0.15, -0.1) is 11.8 Å². The first kappa shape index (κ1) is 17.9. The molecule has 0 saturated heterocycles. The zero-order valence-electron chi connectivity index (χ0n) is 13.7. The van der Waals surface area contributed by atoms with Crippen molar-refractivity contribution in [1.29, 1.82) is 0 Å². The highest BCUT2D eigenvalue weighted by molar-refractivity contribution is 8.02. The number of methoxy groups -OCH3 is 2. The van der Waals surface area contributed by atoms with Crippen LogP contribution in [0.4, 0.5) is 5.69 Å². The van der Waals surface area contributed by atoms with E-state index in [9.17, 15) is 4.79 Å². The summed E-state index contributed by atoms with van der Waals surface area (Å²) >= 11 is 1.59. The lowest BCUT2D eigenvalue weighted by Crippen LogP contribution is -2.13. The van der Waals surface area contributed by atoms with Crippen molar-refractivity contribution < 1.29 is 14.3 Å². The molecule has 0 atom stereocenters. The molecule has 6 heteroatoms. The summed E-state index contributed by atoms with van der Waals surface area (Å²) < 4.78 is 10.2. The van der Waals surface area contributed by atoms with Crippen molar-refractivity contribution in [3.63, 3.8) is 0 Å². The molecule has 1 heterocycles. The predicted molar refractivity (Wildman–Crippen MR) is 98.5 cm³/mol. The smallest absolute Gasteiger partial charge is 0.240 e. The van der Waals surface area contributed by atoms with Gasteiger partial charge in [-0.25, -0.2) is 0 Å². The quantitative estimate of drug-likeness (QED) is 0.738. The van der Waals surface area contributed by atoms with E-state index in [1.54, 1.807) is 23.9 Å². The summed E-state index contributed by atoms with van der Waals surface area (Å²) in [6, 6.07) is 13.4. The van der Waals surface area contributed by atoms with Crippen LogP contribution in [0.2, 0.25) is 0 Å². The lowest BCUT2D eigenvalue weighted by Gasteiger charge is -2.10. The van der Waals surface area contributed by atoms with E-state index in [2.05, 4.69) is 10.3 Å². The van der Waals surface area contributed by atoms with Gasteiger partial charge in [0.05, 0.1) is 14.2 Å². The molecule has 126 valence electrons. The molecule has 0 aliphatic heterocycles. The van der Waals surface area contributed by atoms with Gasteiger partial charge >= 0.3 is 0 Å². The SMILES string of the molecule is COc1ccc(NC(=O)CCS/C=C\c2ccccc2)c(OC)n1. The Morgan fingerprint density at radius 2 is 1.96 bits per heavy atom. The van der Waals surface area contributed by atoms with Gasteiger partial charge in [-0.2, -0.15) is 4.98 Å². The Morgan fingerprint density at radius 1 is 1.17 bits per heavy atom. The van der Waals surface area contributed by atoms with Crippen LogP contribution in [0.15, 0.2) is 47.9 Å². The fourth-order valence-electron chi connectivity index (χ4n) is 1.91. The number of hydrogen-bond acceptors (Lipinski definition) is 5. The van der Waals surface area contributed by atoms with Gasteiger partial charge in [0, 0.05) is 18.2 Å². The maximum Gasteiger partial charge on any atom is 0.240 e. The molecule has 0 aliphatic rings. The Balaban J connectivity index is 1.78. The zero-order chi connectivity index (χ0) is 17.2.